The predicted molar refractivity (Wildman–Crippen MR) is 76.5 cm³/mol. The molecule has 0 amide bonds. The molecule has 0 aliphatic heterocycles. The molecule has 0 saturated carbocycles. The van der Waals surface area contributed by atoms with E-state index in [9.17, 15) is 4.39 Å². The fourth-order valence-corrected chi connectivity index (χ4v) is 1.79. The lowest BCUT2D eigenvalue weighted by Crippen LogP contribution is -2.08. The SMILES string of the molecule is Fc1cc(Cl)ccc1NCCCOc1ccccc1. The van der Waals surface area contributed by atoms with Crippen molar-refractivity contribution in [2.75, 3.05) is 18.5 Å². The Morgan fingerprint density at radius 1 is 1.11 bits per heavy atom. The van der Waals surface area contributed by atoms with Gasteiger partial charge in [0.2, 0.25) is 0 Å². The van der Waals surface area contributed by atoms with Crippen molar-refractivity contribution < 1.29 is 9.13 Å². The van der Waals surface area contributed by atoms with Crippen molar-refractivity contribution in [3.8, 4) is 5.75 Å². The number of anilines is 1. The standard InChI is InChI=1S/C15H15ClFNO/c16-12-7-8-15(14(17)11-12)18-9-4-10-19-13-5-2-1-3-6-13/h1-3,5-8,11,18H,4,9-10H2. The first-order chi connectivity index (χ1) is 9.25. The van der Waals surface area contributed by atoms with Crippen molar-refractivity contribution in [3.63, 3.8) is 0 Å². The van der Waals surface area contributed by atoms with Gasteiger partial charge in [-0.05, 0) is 36.8 Å². The van der Waals surface area contributed by atoms with E-state index >= 15 is 0 Å². The largest absolute Gasteiger partial charge is 0.494 e. The summed E-state index contributed by atoms with van der Waals surface area (Å²) in [5.41, 5.74) is 0.462. The molecule has 0 heterocycles. The summed E-state index contributed by atoms with van der Waals surface area (Å²) in [7, 11) is 0. The van der Waals surface area contributed by atoms with Crippen LogP contribution >= 0.6 is 11.6 Å². The lowest BCUT2D eigenvalue weighted by atomic mass is 10.3. The van der Waals surface area contributed by atoms with Crippen LogP contribution in [0.5, 0.6) is 5.75 Å². The third kappa shape index (κ3) is 4.45. The van der Waals surface area contributed by atoms with Crippen LogP contribution < -0.4 is 10.1 Å². The normalized spacial score (nSPS) is 10.2. The summed E-state index contributed by atoms with van der Waals surface area (Å²) in [6.45, 7) is 1.23. The highest BCUT2D eigenvalue weighted by molar-refractivity contribution is 6.30. The van der Waals surface area contributed by atoms with E-state index in [4.69, 9.17) is 16.3 Å². The highest BCUT2D eigenvalue weighted by atomic mass is 35.5. The molecule has 2 nitrogen and oxygen atoms in total. The zero-order chi connectivity index (χ0) is 13.5. The van der Waals surface area contributed by atoms with Gasteiger partial charge in [0.05, 0.1) is 12.3 Å². The number of para-hydroxylation sites is 1. The molecule has 0 bridgehead atoms. The molecule has 100 valence electrons. The number of benzene rings is 2. The summed E-state index contributed by atoms with van der Waals surface area (Å²) in [6.07, 6.45) is 0.789. The lowest BCUT2D eigenvalue weighted by molar-refractivity contribution is 0.315. The predicted octanol–water partition coefficient (Wildman–Crippen LogP) is 4.36. The maximum Gasteiger partial charge on any atom is 0.147 e. The van der Waals surface area contributed by atoms with Crippen LogP contribution in [0.3, 0.4) is 0 Å². The van der Waals surface area contributed by atoms with E-state index < -0.39 is 0 Å². The fraction of sp³-hybridized carbons (Fsp3) is 0.200. The Morgan fingerprint density at radius 3 is 2.63 bits per heavy atom. The van der Waals surface area contributed by atoms with E-state index in [1.807, 2.05) is 30.3 Å². The monoisotopic (exact) mass is 279 g/mol. The molecule has 0 fully saturated rings. The van der Waals surface area contributed by atoms with Gasteiger partial charge in [-0.1, -0.05) is 29.8 Å². The Balaban J connectivity index is 1.69. The van der Waals surface area contributed by atoms with Gasteiger partial charge in [-0.25, -0.2) is 4.39 Å². The van der Waals surface area contributed by atoms with E-state index in [1.54, 1.807) is 12.1 Å². The smallest absolute Gasteiger partial charge is 0.147 e. The molecule has 2 aromatic carbocycles. The van der Waals surface area contributed by atoms with Crippen LogP contribution in [0.15, 0.2) is 48.5 Å². The first-order valence-corrected chi connectivity index (χ1v) is 6.50. The maximum absolute atomic E-state index is 13.4. The maximum atomic E-state index is 13.4. The summed E-state index contributed by atoms with van der Waals surface area (Å²) >= 11 is 5.68. The Labute approximate surface area is 117 Å². The molecule has 0 radical (unpaired) electrons. The average molecular weight is 280 g/mol. The molecule has 0 aromatic heterocycles. The fourth-order valence-electron chi connectivity index (χ4n) is 1.63. The van der Waals surface area contributed by atoms with Crippen molar-refractivity contribution in [2.24, 2.45) is 0 Å². The first kappa shape index (κ1) is 13.7. The van der Waals surface area contributed by atoms with Crippen LogP contribution in [0, 0.1) is 5.82 Å². The summed E-state index contributed by atoms with van der Waals surface area (Å²) in [4.78, 5) is 0. The Kier molecular flexibility index (Phi) is 5.04. The van der Waals surface area contributed by atoms with Crippen LogP contribution in [0.1, 0.15) is 6.42 Å². The molecule has 0 aliphatic rings. The van der Waals surface area contributed by atoms with Crippen molar-refractivity contribution in [3.05, 3.63) is 59.4 Å². The highest BCUT2D eigenvalue weighted by Gasteiger charge is 2.01. The molecule has 19 heavy (non-hydrogen) atoms. The molecule has 2 aromatic rings. The minimum atomic E-state index is -0.337. The molecule has 0 unspecified atom stereocenters. The minimum absolute atomic E-state index is 0.337. The molecular formula is C15H15ClFNO. The molecule has 0 spiro atoms. The molecule has 4 heteroatoms. The number of ether oxygens (including phenoxy) is 1. The van der Waals surface area contributed by atoms with Gasteiger partial charge in [0.25, 0.3) is 0 Å². The topological polar surface area (TPSA) is 21.3 Å². The minimum Gasteiger partial charge on any atom is -0.494 e. The molecule has 0 saturated heterocycles. The summed E-state index contributed by atoms with van der Waals surface area (Å²) in [5, 5.41) is 3.41. The summed E-state index contributed by atoms with van der Waals surface area (Å²) < 4.78 is 19.0. The van der Waals surface area contributed by atoms with Crippen LogP contribution in [-0.2, 0) is 0 Å². The molecule has 2 rings (SSSR count). The van der Waals surface area contributed by atoms with Crippen LogP contribution in [0.2, 0.25) is 5.02 Å². The lowest BCUT2D eigenvalue weighted by Gasteiger charge is -2.09. The second-order valence-corrected chi connectivity index (χ2v) is 4.50. The van der Waals surface area contributed by atoms with Gasteiger partial charge in [-0.15, -0.1) is 0 Å². The number of rotatable bonds is 6. The van der Waals surface area contributed by atoms with Crippen molar-refractivity contribution >= 4 is 17.3 Å². The number of hydrogen-bond donors (Lipinski definition) is 1. The highest BCUT2D eigenvalue weighted by Crippen LogP contribution is 2.18. The van der Waals surface area contributed by atoms with Gasteiger partial charge in [0.1, 0.15) is 11.6 Å². The third-order valence-electron chi connectivity index (χ3n) is 2.58. The zero-order valence-electron chi connectivity index (χ0n) is 10.4. The number of hydrogen-bond acceptors (Lipinski definition) is 2. The number of halogens is 2. The van der Waals surface area contributed by atoms with Gasteiger partial charge < -0.3 is 10.1 Å². The van der Waals surface area contributed by atoms with E-state index in [-0.39, 0.29) is 5.82 Å². The van der Waals surface area contributed by atoms with Crippen molar-refractivity contribution in [1.29, 1.82) is 0 Å². The van der Waals surface area contributed by atoms with E-state index in [2.05, 4.69) is 5.32 Å². The van der Waals surface area contributed by atoms with Crippen LogP contribution in [0.4, 0.5) is 10.1 Å². The Hall–Kier alpha value is -1.74. The zero-order valence-corrected chi connectivity index (χ0v) is 11.2. The second-order valence-electron chi connectivity index (χ2n) is 4.07. The molecule has 0 aliphatic carbocycles. The Bertz CT molecular complexity index is 519. The van der Waals surface area contributed by atoms with Gasteiger partial charge in [-0.3, -0.25) is 0 Å². The van der Waals surface area contributed by atoms with Crippen molar-refractivity contribution in [2.45, 2.75) is 6.42 Å². The first-order valence-electron chi connectivity index (χ1n) is 6.12. The average Bonchev–Trinajstić information content (AvgIpc) is 2.42. The Morgan fingerprint density at radius 2 is 1.89 bits per heavy atom. The molecule has 1 N–H and O–H groups in total. The van der Waals surface area contributed by atoms with Crippen LogP contribution in [-0.4, -0.2) is 13.2 Å². The van der Waals surface area contributed by atoms with Gasteiger partial charge in [0.15, 0.2) is 0 Å². The van der Waals surface area contributed by atoms with Crippen LogP contribution in [0.25, 0.3) is 0 Å². The van der Waals surface area contributed by atoms with E-state index in [0.717, 1.165) is 12.2 Å². The number of nitrogens with one attached hydrogen (secondary N) is 1. The van der Waals surface area contributed by atoms with E-state index in [1.165, 1.54) is 6.07 Å². The quantitative estimate of drug-likeness (QED) is 0.793. The van der Waals surface area contributed by atoms with E-state index in [0.29, 0.717) is 23.9 Å². The van der Waals surface area contributed by atoms with Gasteiger partial charge in [-0.2, -0.15) is 0 Å². The summed E-state index contributed by atoms with van der Waals surface area (Å²) in [6, 6.07) is 14.2. The summed E-state index contributed by atoms with van der Waals surface area (Å²) in [5.74, 6) is 0.511. The molecular weight excluding hydrogens is 265 g/mol. The van der Waals surface area contributed by atoms with Crippen molar-refractivity contribution in [1.82, 2.24) is 0 Å². The van der Waals surface area contributed by atoms with Gasteiger partial charge >= 0.3 is 0 Å². The third-order valence-corrected chi connectivity index (χ3v) is 2.81. The molecule has 0 atom stereocenters. The second kappa shape index (κ2) is 7.00. The van der Waals surface area contributed by atoms with Gasteiger partial charge in [0, 0.05) is 11.6 Å².